The quantitative estimate of drug-likeness (QED) is 0.763. The molecule has 1 heterocycles. The standard InChI is InChI=1S/C16H24N2/c1-2-4-8-14(7-3-1)18-15-9-10-16-13(12-15)6-5-11-17-16/h9-10,12,14,17-18H,1-8,11H2. The van der Waals surface area contributed by atoms with Gasteiger partial charge in [0.2, 0.25) is 0 Å². The molecule has 0 spiro atoms. The third-order valence-electron chi connectivity index (χ3n) is 4.27. The number of hydrogen-bond acceptors (Lipinski definition) is 2. The lowest BCUT2D eigenvalue weighted by molar-refractivity contribution is 0.620. The predicted molar refractivity (Wildman–Crippen MR) is 78.4 cm³/mol. The summed E-state index contributed by atoms with van der Waals surface area (Å²) in [7, 11) is 0. The first kappa shape index (κ1) is 11.9. The van der Waals surface area contributed by atoms with E-state index in [2.05, 4.69) is 28.8 Å². The van der Waals surface area contributed by atoms with Crippen LogP contribution in [0.25, 0.3) is 0 Å². The lowest BCUT2D eigenvalue weighted by Gasteiger charge is -2.22. The van der Waals surface area contributed by atoms with Crippen LogP contribution >= 0.6 is 0 Å². The molecule has 2 aliphatic rings. The lowest BCUT2D eigenvalue weighted by Crippen LogP contribution is -2.19. The number of anilines is 2. The van der Waals surface area contributed by atoms with Crippen molar-refractivity contribution in [3.05, 3.63) is 23.8 Å². The average Bonchev–Trinajstić information content (AvgIpc) is 2.67. The van der Waals surface area contributed by atoms with E-state index in [1.807, 2.05) is 0 Å². The van der Waals surface area contributed by atoms with E-state index < -0.39 is 0 Å². The summed E-state index contributed by atoms with van der Waals surface area (Å²) < 4.78 is 0. The molecule has 0 unspecified atom stereocenters. The molecule has 0 atom stereocenters. The first-order valence-electron chi connectivity index (χ1n) is 7.55. The Morgan fingerprint density at radius 2 is 1.83 bits per heavy atom. The number of fused-ring (bicyclic) bond motifs is 1. The summed E-state index contributed by atoms with van der Waals surface area (Å²) in [6.07, 6.45) is 10.8. The average molecular weight is 244 g/mol. The second-order valence-electron chi connectivity index (χ2n) is 5.74. The second-order valence-corrected chi connectivity index (χ2v) is 5.74. The highest BCUT2D eigenvalue weighted by Gasteiger charge is 2.13. The molecular weight excluding hydrogens is 220 g/mol. The van der Waals surface area contributed by atoms with Gasteiger partial charge in [-0.1, -0.05) is 25.7 Å². The van der Waals surface area contributed by atoms with E-state index in [1.165, 1.54) is 68.3 Å². The van der Waals surface area contributed by atoms with Crippen molar-refractivity contribution in [2.45, 2.75) is 57.4 Å². The molecule has 0 aromatic heterocycles. The van der Waals surface area contributed by atoms with Crippen LogP contribution in [-0.4, -0.2) is 12.6 Å². The molecule has 0 bridgehead atoms. The smallest absolute Gasteiger partial charge is 0.0374 e. The van der Waals surface area contributed by atoms with E-state index in [-0.39, 0.29) is 0 Å². The van der Waals surface area contributed by atoms with Gasteiger partial charge in [0, 0.05) is 24.0 Å². The van der Waals surface area contributed by atoms with Gasteiger partial charge in [0.25, 0.3) is 0 Å². The van der Waals surface area contributed by atoms with Gasteiger partial charge in [-0.15, -0.1) is 0 Å². The Kier molecular flexibility index (Phi) is 3.72. The molecule has 2 N–H and O–H groups in total. The summed E-state index contributed by atoms with van der Waals surface area (Å²) in [5, 5.41) is 7.22. The van der Waals surface area contributed by atoms with E-state index >= 15 is 0 Å². The topological polar surface area (TPSA) is 24.1 Å². The van der Waals surface area contributed by atoms with Crippen LogP contribution in [0, 0.1) is 0 Å². The fourth-order valence-electron chi connectivity index (χ4n) is 3.22. The highest BCUT2D eigenvalue weighted by Crippen LogP contribution is 2.27. The molecule has 0 amide bonds. The van der Waals surface area contributed by atoms with E-state index in [0.29, 0.717) is 6.04 Å². The minimum absolute atomic E-state index is 0.696. The highest BCUT2D eigenvalue weighted by atomic mass is 14.9. The molecule has 98 valence electrons. The summed E-state index contributed by atoms with van der Waals surface area (Å²) in [4.78, 5) is 0. The molecule has 0 saturated heterocycles. The highest BCUT2D eigenvalue weighted by molar-refractivity contribution is 5.61. The molecule has 1 aliphatic heterocycles. The van der Waals surface area contributed by atoms with E-state index in [4.69, 9.17) is 0 Å². The summed E-state index contributed by atoms with van der Waals surface area (Å²) in [6, 6.07) is 7.53. The number of aryl methyl sites for hydroxylation is 1. The van der Waals surface area contributed by atoms with E-state index in [0.717, 1.165) is 6.54 Å². The first-order chi connectivity index (χ1) is 8.92. The van der Waals surface area contributed by atoms with Crippen LogP contribution in [0.2, 0.25) is 0 Å². The summed E-state index contributed by atoms with van der Waals surface area (Å²) in [6.45, 7) is 1.13. The number of hydrogen-bond donors (Lipinski definition) is 2. The Morgan fingerprint density at radius 3 is 2.67 bits per heavy atom. The predicted octanol–water partition coefficient (Wildman–Crippen LogP) is 4.18. The van der Waals surface area contributed by atoms with Crippen molar-refractivity contribution < 1.29 is 0 Å². The molecule has 2 heteroatoms. The molecule has 18 heavy (non-hydrogen) atoms. The van der Waals surface area contributed by atoms with E-state index in [1.54, 1.807) is 0 Å². The molecule has 1 aromatic carbocycles. The Hall–Kier alpha value is -1.18. The van der Waals surface area contributed by atoms with Crippen molar-refractivity contribution in [3.8, 4) is 0 Å². The van der Waals surface area contributed by atoms with Crippen molar-refractivity contribution in [2.24, 2.45) is 0 Å². The third-order valence-corrected chi connectivity index (χ3v) is 4.27. The van der Waals surface area contributed by atoms with E-state index in [9.17, 15) is 0 Å². The Labute approximate surface area is 110 Å². The van der Waals surface area contributed by atoms with Crippen LogP contribution in [0.3, 0.4) is 0 Å². The van der Waals surface area contributed by atoms with Gasteiger partial charge in [-0.25, -0.2) is 0 Å². The van der Waals surface area contributed by atoms with Crippen LogP contribution in [-0.2, 0) is 6.42 Å². The maximum Gasteiger partial charge on any atom is 0.0374 e. The van der Waals surface area contributed by atoms with Gasteiger partial charge in [0.1, 0.15) is 0 Å². The van der Waals surface area contributed by atoms with Crippen LogP contribution < -0.4 is 10.6 Å². The third kappa shape index (κ3) is 2.80. The maximum absolute atomic E-state index is 3.74. The zero-order valence-corrected chi connectivity index (χ0v) is 11.2. The fraction of sp³-hybridized carbons (Fsp3) is 0.625. The van der Waals surface area contributed by atoms with Crippen molar-refractivity contribution >= 4 is 11.4 Å². The molecule has 1 aromatic rings. The Balaban J connectivity index is 1.68. The lowest BCUT2D eigenvalue weighted by atomic mass is 10.0. The second kappa shape index (κ2) is 5.64. The van der Waals surface area contributed by atoms with Gasteiger partial charge in [0.15, 0.2) is 0 Å². The van der Waals surface area contributed by atoms with Gasteiger partial charge in [-0.05, 0) is 49.4 Å². The molecule has 1 fully saturated rings. The molecular formula is C16H24N2. The summed E-state index contributed by atoms with van der Waals surface area (Å²) >= 11 is 0. The van der Waals surface area contributed by atoms with Crippen LogP contribution in [0.4, 0.5) is 11.4 Å². The van der Waals surface area contributed by atoms with Crippen molar-refractivity contribution in [2.75, 3.05) is 17.2 Å². The van der Waals surface area contributed by atoms with Gasteiger partial charge in [-0.2, -0.15) is 0 Å². The molecule has 0 radical (unpaired) electrons. The Bertz CT molecular complexity index is 392. The zero-order valence-electron chi connectivity index (χ0n) is 11.2. The van der Waals surface area contributed by atoms with Gasteiger partial charge < -0.3 is 10.6 Å². The minimum atomic E-state index is 0.696. The Morgan fingerprint density at radius 1 is 1.00 bits per heavy atom. The SMILES string of the molecule is c1cc2c(cc1NC1CCCCCC1)CCCN2. The van der Waals surface area contributed by atoms with Crippen molar-refractivity contribution in [1.29, 1.82) is 0 Å². The van der Waals surface area contributed by atoms with Gasteiger partial charge in [0.05, 0.1) is 0 Å². The molecule has 1 aliphatic carbocycles. The maximum atomic E-state index is 3.74. The van der Waals surface area contributed by atoms with Crippen LogP contribution in [0.1, 0.15) is 50.5 Å². The van der Waals surface area contributed by atoms with Crippen molar-refractivity contribution in [1.82, 2.24) is 0 Å². The number of benzene rings is 1. The summed E-state index contributed by atoms with van der Waals surface area (Å²) in [5.41, 5.74) is 4.15. The summed E-state index contributed by atoms with van der Waals surface area (Å²) in [5.74, 6) is 0. The monoisotopic (exact) mass is 244 g/mol. The van der Waals surface area contributed by atoms with Crippen molar-refractivity contribution in [3.63, 3.8) is 0 Å². The molecule has 2 nitrogen and oxygen atoms in total. The first-order valence-corrected chi connectivity index (χ1v) is 7.55. The molecule has 1 saturated carbocycles. The number of rotatable bonds is 2. The van der Waals surface area contributed by atoms with Crippen LogP contribution in [0.15, 0.2) is 18.2 Å². The molecule has 3 rings (SSSR count). The van der Waals surface area contributed by atoms with Gasteiger partial charge in [-0.3, -0.25) is 0 Å². The van der Waals surface area contributed by atoms with Crippen LogP contribution in [0.5, 0.6) is 0 Å². The fourth-order valence-corrected chi connectivity index (χ4v) is 3.22. The number of nitrogens with one attached hydrogen (secondary N) is 2. The largest absolute Gasteiger partial charge is 0.385 e. The van der Waals surface area contributed by atoms with Gasteiger partial charge >= 0.3 is 0 Å². The minimum Gasteiger partial charge on any atom is -0.385 e. The normalized spacial score (nSPS) is 20.7. The zero-order chi connectivity index (χ0) is 12.2.